The van der Waals surface area contributed by atoms with Gasteiger partial charge in [0.05, 0.1) is 19.8 Å². The SMILES string of the molecule is CCCCCCNC(=O)C1COCCN1CC(F)(F)F. The Balaban J connectivity index is 2.38. The van der Waals surface area contributed by atoms with Gasteiger partial charge in [-0.25, -0.2) is 0 Å². The summed E-state index contributed by atoms with van der Waals surface area (Å²) >= 11 is 0. The predicted molar refractivity (Wildman–Crippen MR) is 69.4 cm³/mol. The molecule has 0 bridgehead atoms. The molecule has 0 saturated carbocycles. The van der Waals surface area contributed by atoms with Gasteiger partial charge >= 0.3 is 6.18 Å². The largest absolute Gasteiger partial charge is 0.401 e. The summed E-state index contributed by atoms with van der Waals surface area (Å²) < 4.78 is 42.5. The van der Waals surface area contributed by atoms with E-state index in [0.29, 0.717) is 6.54 Å². The number of hydrogen-bond acceptors (Lipinski definition) is 3. The number of ether oxygens (including phenoxy) is 1. The molecule has 4 nitrogen and oxygen atoms in total. The van der Waals surface area contributed by atoms with Crippen LogP contribution in [-0.2, 0) is 9.53 Å². The highest BCUT2D eigenvalue weighted by atomic mass is 19.4. The lowest BCUT2D eigenvalue weighted by Gasteiger charge is -2.34. The Morgan fingerprint density at radius 1 is 1.35 bits per heavy atom. The lowest BCUT2D eigenvalue weighted by Crippen LogP contribution is -2.56. The number of halogens is 3. The number of nitrogens with zero attached hydrogens (tertiary/aromatic N) is 1. The van der Waals surface area contributed by atoms with Crippen LogP contribution < -0.4 is 5.32 Å². The molecule has 118 valence electrons. The molecule has 1 aliphatic rings. The summed E-state index contributed by atoms with van der Waals surface area (Å²) in [5, 5.41) is 2.70. The van der Waals surface area contributed by atoms with E-state index in [-0.39, 0.29) is 25.7 Å². The van der Waals surface area contributed by atoms with E-state index in [0.717, 1.165) is 30.6 Å². The van der Waals surface area contributed by atoms with Gasteiger partial charge in [-0.3, -0.25) is 9.69 Å². The van der Waals surface area contributed by atoms with Crippen LogP contribution in [0.5, 0.6) is 0 Å². The van der Waals surface area contributed by atoms with Crippen molar-refractivity contribution in [1.29, 1.82) is 0 Å². The summed E-state index contributed by atoms with van der Waals surface area (Å²) in [6, 6.07) is -0.837. The molecule has 1 N–H and O–H groups in total. The standard InChI is InChI=1S/C13H23F3N2O2/c1-2-3-4-5-6-17-12(19)11-9-20-8-7-18(11)10-13(14,15)16/h11H,2-10H2,1H3,(H,17,19). The molecule has 0 radical (unpaired) electrons. The fraction of sp³-hybridized carbons (Fsp3) is 0.923. The zero-order valence-electron chi connectivity index (χ0n) is 11.8. The van der Waals surface area contributed by atoms with Gasteiger partial charge in [0, 0.05) is 13.1 Å². The Labute approximate surface area is 117 Å². The van der Waals surface area contributed by atoms with Crippen molar-refractivity contribution in [2.75, 3.05) is 32.8 Å². The van der Waals surface area contributed by atoms with Gasteiger partial charge in [-0.15, -0.1) is 0 Å². The topological polar surface area (TPSA) is 41.6 Å². The van der Waals surface area contributed by atoms with E-state index in [2.05, 4.69) is 12.2 Å². The molecule has 0 spiro atoms. The molecular formula is C13H23F3N2O2. The van der Waals surface area contributed by atoms with Crippen LogP contribution in [0.15, 0.2) is 0 Å². The quantitative estimate of drug-likeness (QED) is 0.730. The molecule has 0 aliphatic carbocycles. The third-order valence-corrected chi connectivity index (χ3v) is 3.25. The molecule has 1 fully saturated rings. The number of rotatable bonds is 7. The summed E-state index contributed by atoms with van der Waals surface area (Å²) in [5.74, 6) is -0.370. The minimum atomic E-state index is -4.29. The first-order chi connectivity index (χ1) is 9.44. The molecule has 1 heterocycles. The van der Waals surface area contributed by atoms with Crippen molar-refractivity contribution in [3.63, 3.8) is 0 Å². The second kappa shape index (κ2) is 8.46. The van der Waals surface area contributed by atoms with Gasteiger partial charge in [0.1, 0.15) is 6.04 Å². The van der Waals surface area contributed by atoms with Crippen molar-refractivity contribution in [2.24, 2.45) is 0 Å². The lowest BCUT2D eigenvalue weighted by atomic mass is 10.2. The minimum Gasteiger partial charge on any atom is -0.378 e. The van der Waals surface area contributed by atoms with Crippen molar-refractivity contribution in [3.05, 3.63) is 0 Å². The van der Waals surface area contributed by atoms with Gasteiger partial charge in [0.25, 0.3) is 0 Å². The molecule has 1 rings (SSSR count). The van der Waals surface area contributed by atoms with Crippen molar-refractivity contribution in [2.45, 2.75) is 44.8 Å². The molecule has 1 aliphatic heterocycles. The van der Waals surface area contributed by atoms with E-state index in [9.17, 15) is 18.0 Å². The van der Waals surface area contributed by atoms with Crippen LogP contribution in [0.3, 0.4) is 0 Å². The van der Waals surface area contributed by atoms with Gasteiger partial charge in [0.15, 0.2) is 0 Å². The van der Waals surface area contributed by atoms with E-state index in [1.165, 1.54) is 0 Å². The molecule has 1 saturated heterocycles. The maximum absolute atomic E-state index is 12.5. The highest BCUT2D eigenvalue weighted by molar-refractivity contribution is 5.82. The average molecular weight is 296 g/mol. The first-order valence-electron chi connectivity index (χ1n) is 7.10. The van der Waals surface area contributed by atoms with Gasteiger partial charge in [-0.2, -0.15) is 13.2 Å². The van der Waals surface area contributed by atoms with Crippen LogP contribution in [0.2, 0.25) is 0 Å². The van der Waals surface area contributed by atoms with Gasteiger partial charge in [-0.05, 0) is 6.42 Å². The van der Waals surface area contributed by atoms with Crippen molar-refractivity contribution in [1.82, 2.24) is 10.2 Å². The summed E-state index contributed by atoms with van der Waals surface area (Å²) in [5.41, 5.74) is 0. The Morgan fingerprint density at radius 3 is 2.75 bits per heavy atom. The summed E-state index contributed by atoms with van der Waals surface area (Å²) in [6.45, 7) is 1.92. The first kappa shape index (κ1) is 17.2. The van der Waals surface area contributed by atoms with Crippen molar-refractivity contribution < 1.29 is 22.7 Å². The summed E-state index contributed by atoms with van der Waals surface area (Å²) in [6.07, 6.45) is -0.222. The van der Waals surface area contributed by atoms with Gasteiger partial charge < -0.3 is 10.1 Å². The number of alkyl halides is 3. The average Bonchev–Trinajstić information content (AvgIpc) is 2.37. The number of carbonyl (C=O) groups excluding carboxylic acids is 1. The van der Waals surface area contributed by atoms with Crippen molar-refractivity contribution >= 4 is 5.91 Å². The Kier molecular flexibility index (Phi) is 7.29. The first-order valence-corrected chi connectivity index (χ1v) is 7.10. The molecule has 20 heavy (non-hydrogen) atoms. The van der Waals surface area contributed by atoms with Crippen LogP contribution in [0.1, 0.15) is 32.6 Å². The Bertz CT molecular complexity index is 298. The molecule has 7 heteroatoms. The fourth-order valence-electron chi connectivity index (χ4n) is 2.18. The normalized spacial score (nSPS) is 20.9. The molecule has 0 aromatic carbocycles. The second-order valence-electron chi connectivity index (χ2n) is 5.03. The van der Waals surface area contributed by atoms with Crippen LogP contribution in [0.25, 0.3) is 0 Å². The number of morpholine rings is 1. The third-order valence-electron chi connectivity index (χ3n) is 3.25. The molecule has 1 amide bonds. The highest BCUT2D eigenvalue weighted by Crippen LogP contribution is 2.19. The Morgan fingerprint density at radius 2 is 2.10 bits per heavy atom. The van der Waals surface area contributed by atoms with E-state index >= 15 is 0 Å². The highest BCUT2D eigenvalue weighted by Gasteiger charge is 2.37. The van der Waals surface area contributed by atoms with Gasteiger partial charge in [0.2, 0.25) is 5.91 Å². The number of unbranched alkanes of at least 4 members (excludes halogenated alkanes) is 3. The molecule has 0 aromatic rings. The zero-order valence-corrected chi connectivity index (χ0v) is 11.8. The zero-order chi connectivity index (χ0) is 15.0. The molecule has 1 atom stereocenters. The maximum Gasteiger partial charge on any atom is 0.401 e. The fourth-order valence-corrected chi connectivity index (χ4v) is 2.18. The molecule has 0 aromatic heterocycles. The van der Waals surface area contributed by atoms with Crippen LogP contribution >= 0.6 is 0 Å². The maximum atomic E-state index is 12.5. The van der Waals surface area contributed by atoms with E-state index < -0.39 is 18.8 Å². The van der Waals surface area contributed by atoms with Crippen LogP contribution in [-0.4, -0.2) is 55.9 Å². The van der Waals surface area contributed by atoms with E-state index in [1.807, 2.05) is 0 Å². The smallest absolute Gasteiger partial charge is 0.378 e. The summed E-state index contributed by atoms with van der Waals surface area (Å²) in [7, 11) is 0. The minimum absolute atomic E-state index is 0.0247. The molecular weight excluding hydrogens is 273 g/mol. The predicted octanol–water partition coefficient (Wildman–Crippen LogP) is 1.95. The number of carbonyl (C=O) groups is 1. The van der Waals surface area contributed by atoms with Gasteiger partial charge in [-0.1, -0.05) is 26.2 Å². The molecule has 1 unspecified atom stereocenters. The number of hydrogen-bond donors (Lipinski definition) is 1. The summed E-state index contributed by atoms with van der Waals surface area (Å²) in [4.78, 5) is 13.1. The second-order valence-corrected chi connectivity index (χ2v) is 5.03. The van der Waals surface area contributed by atoms with Crippen molar-refractivity contribution in [3.8, 4) is 0 Å². The van der Waals surface area contributed by atoms with E-state index in [1.54, 1.807) is 0 Å². The lowest BCUT2D eigenvalue weighted by molar-refractivity contribution is -0.166. The van der Waals surface area contributed by atoms with E-state index in [4.69, 9.17) is 4.74 Å². The van der Waals surface area contributed by atoms with Crippen LogP contribution in [0, 0.1) is 0 Å². The third kappa shape index (κ3) is 6.56. The number of amides is 1. The van der Waals surface area contributed by atoms with Crippen LogP contribution in [0.4, 0.5) is 13.2 Å². The number of nitrogens with one attached hydrogen (secondary N) is 1. The monoisotopic (exact) mass is 296 g/mol. The Hall–Kier alpha value is -0.820.